The maximum absolute atomic E-state index is 13.5. The molecule has 192 valence electrons. The van der Waals surface area contributed by atoms with Gasteiger partial charge in [-0.2, -0.15) is 0 Å². The van der Waals surface area contributed by atoms with E-state index in [1.165, 1.54) is 42.5 Å². The van der Waals surface area contributed by atoms with Gasteiger partial charge in [0, 0.05) is 5.56 Å². The van der Waals surface area contributed by atoms with Gasteiger partial charge in [0.2, 0.25) is 0 Å². The molecule has 5 rings (SSSR count). The monoisotopic (exact) mass is 513 g/mol. The molecule has 0 radical (unpaired) electrons. The zero-order valence-corrected chi connectivity index (χ0v) is 20.5. The van der Waals surface area contributed by atoms with Gasteiger partial charge in [0.1, 0.15) is 23.9 Å². The number of carbonyl (C=O) groups is 2. The van der Waals surface area contributed by atoms with E-state index in [9.17, 15) is 19.1 Å². The van der Waals surface area contributed by atoms with E-state index in [0.29, 0.717) is 29.4 Å². The first-order valence-electron chi connectivity index (χ1n) is 11.9. The van der Waals surface area contributed by atoms with Gasteiger partial charge >= 0.3 is 0 Å². The summed E-state index contributed by atoms with van der Waals surface area (Å²) < 4.78 is 30.5. The lowest BCUT2D eigenvalue weighted by atomic mass is 9.95. The van der Waals surface area contributed by atoms with Crippen LogP contribution in [0.5, 0.6) is 11.5 Å². The normalized spacial score (nSPS) is 16.6. The third-order valence-corrected chi connectivity index (χ3v) is 6.30. The molecule has 1 aromatic heterocycles. The Morgan fingerprint density at radius 2 is 1.74 bits per heavy atom. The van der Waals surface area contributed by atoms with E-state index in [0.717, 1.165) is 5.56 Å². The third kappa shape index (κ3) is 4.88. The number of likely N-dealkylation sites (tertiary alicyclic amines) is 1. The summed E-state index contributed by atoms with van der Waals surface area (Å²) in [6.45, 7) is 0.315. The van der Waals surface area contributed by atoms with Gasteiger partial charge in [0.25, 0.3) is 11.7 Å². The van der Waals surface area contributed by atoms with Crippen molar-refractivity contribution in [2.75, 3.05) is 7.11 Å². The van der Waals surface area contributed by atoms with E-state index in [2.05, 4.69) is 0 Å². The van der Waals surface area contributed by atoms with Crippen LogP contribution in [0.4, 0.5) is 4.39 Å². The van der Waals surface area contributed by atoms with Crippen LogP contribution in [0.3, 0.4) is 0 Å². The quantitative estimate of drug-likeness (QED) is 0.187. The second-order valence-corrected chi connectivity index (χ2v) is 8.70. The number of rotatable bonds is 8. The van der Waals surface area contributed by atoms with Crippen molar-refractivity contribution >= 4 is 17.4 Å². The van der Waals surface area contributed by atoms with Gasteiger partial charge in [-0.15, -0.1) is 0 Å². The standard InChI is InChI=1S/C30H24FNO6/c1-36-25-16-21(11-14-24(25)38-18-19-6-3-2-4-7-19)27-26(28(33)20-9-12-22(31)13-10-20)29(34)30(35)32(27)17-23-8-5-15-37-23/h2-16,27,33H,17-18H2,1H3/b28-26+. The van der Waals surface area contributed by atoms with Crippen LogP contribution in [0, 0.1) is 5.82 Å². The number of furan rings is 1. The summed E-state index contributed by atoms with van der Waals surface area (Å²) in [6.07, 6.45) is 1.47. The van der Waals surface area contributed by atoms with Gasteiger partial charge in [-0.1, -0.05) is 36.4 Å². The first-order valence-corrected chi connectivity index (χ1v) is 11.9. The Morgan fingerprint density at radius 1 is 0.974 bits per heavy atom. The van der Waals surface area contributed by atoms with Gasteiger partial charge in [-0.25, -0.2) is 4.39 Å². The van der Waals surface area contributed by atoms with Crippen LogP contribution in [0.15, 0.2) is 101 Å². The van der Waals surface area contributed by atoms with Crippen molar-refractivity contribution in [1.29, 1.82) is 0 Å². The maximum atomic E-state index is 13.5. The molecule has 0 bridgehead atoms. The van der Waals surface area contributed by atoms with Crippen LogP contribution in [0.1, 0.15) is 28.5 Å². The van der Waals surface area contributed by atoms with E-state index in [1.54, 1.807) is 30.3 Å². The van der Waals surface area contributed by atoms with Crippen LogP contribution in [-0.4, -0.2) is 28.8 Å². The lowest BCUT2D eigenvalue weighted by molar-refractivity contribution is -0.140. The van der Waals surface area contributed by atoms with Gasteiger partial charge in [-0.05, 0) is 59.7 Å². The highest BCUT2D eigenvalue weighted by molar-refractivity contribution is 6.46. The Morgan fingerprint density at radius 3 is 2.42 bits per heavy atom. The molecule has 1 amide bonds. The molecule has 1 fully saturated rings. The molecule has 38 heavy (non-hydrogen) atoms. The predicted molar refractivity (Wildman–Crippen MR) is 137 cm³/mol. The first kappa shape index (κ1) is 24.8. The number of amides is 1. The Hall–Kier alpha value is -4.85. The molecule has 7 nitrogen and oxygen atoms in total. The SMILES string of the molecule is COc1cc(C2/C(=C(\O)c3ccc(F)cc3)C(=O)C(=O)N2Cc2ccco2)ccc1OCc1ccccc1. The number of ether oxygens (including phenoxy) is 2. The molecule has 1 aliphatic rings. The van der Waals surface area contributed by atoms with Crippen molar-refractivity contribution in [1.82, 2.24) is 4.90 Å². The number of methoxy groups -OCH3 is 1. The van der Waals surface area contributed by atoms with E-state index in [4.69, 9.17) is 13.9 Å². The summed E-state index contributed by atoms with van der Waals surface area (Å²) in [5.41, 5.74) is 1.59. The van der Waals surface area contributed by atoms with Crippen LogP contribution in [-0.2, 0) is 22.7 Å². The van der Waals surface area contributed by atoms with Gasteiger partial charge in [0.05, 0.1) is 31.5 Å². The summed E-state index contributed by atoms with van der Waals surface area (Å²) in [4.78, 5) is 27.7. The average molecular weight is 514 g/mol. The van der Waals surface area contributed by atoms with E-state index < -0.39 is 29.3 Å². The predicted octanol–water partition coefficient (Wildman–Crippen LogP) is 5.63. The minimum Gasteiger partial charge on any atom is -0.507 e. The van der Waals surface area contributed by atoms with Crippen LogP contribution in [0.25, 0.3) is 5.76 Å². The lowest BCUT2D eigenvalue weighted by Gasteiger charge is -2.25. The number of halogens is 1. The number of Topliss-reactive ketones (excluding diaryl/α,β-unsaturated/α-hetero) is 1. The molecule has 8 heteroatoms. The fourth-order valence-corrected chi connectivity index (χ4v) is 4.43. The first-order chi connectivity index (χ1) is 18.5. The van der Waals surface area contributed by atoms with Crippen molar-refractivity contribution in [2.45, 2.75) is 19.2 Å². The highest BCUT2D eigenvalue weighted by atomic mass is 19.1. The van der Waals surface area contributed by atoms with E-state index >= 15 is 0 Å². The molecule has 0 spiro atoms. The highest BCUT2D eigenvalue weighted by Gasteiger charge is 2.46. The number of nitrogens with zero attached hydrogens (tertiary/aromatic N) is 1. The van der Waals surface area contributed by atoms with Crippen molar-refractivity contribution in [2.24, 2.45) is 0 Å². The Balaban J connectivity index is 1.56. The van der Waals surface area contributed by atoms with Gasteiger partial charge < -0.3 is 23.9 Å². The van der Waals surface area contributed by atoms with Crippen molar-refractivity contribution in [3.05, 3.63) is 125 Å². The number of aliphatic hydroxyl groups is 1. The third-order valence-electron chi connectivity index (χ3n) is 6.30. The van der Waals surface area contributed by atoms with Crippen LogP contribution < -0.4 is 9.47 Å². The number of hydrogen-bond acceptors (Lipinski definition) is 6. The van der Waals surface area contributed by atoms with Crippen molar-refractivity contribution in [3.8, 4) is 11.5 Å². The molecular weight excluding hydrogens is 489 g/mol. The Kier molecular flexibility index (Phi) is 6.95. The molecule has 2 heterocycles. The Bertz CT molecular complexity index is 1480. The van der Waals surface area contributed by atoms with E-state index in [-0.39, 0.29) is 17.7 Å². The summed E-state index contributed by atoms with van der Waals surface area (Å²) in [5.74, 6) is -1.21. The molecule has 1 aliphatic heterocycles. The minimum atomic E-state index is -0.956. The summed E-state index contributed by atoms with van der Waals surface area (Å²) in [5, 5.41) is 11.1. The minimum absolute atomic E-state index is 0.00296. The van der Waals surface area contributed by atoms with E-state index in [1.807, 2.05) is 30.3 Å². The van der Waals surface area contributed by atoms with Crippen LogP contribution >= 0.6 is 0 Å². The topological polar surface area (TPSA) is 89.2 Å². The maximum Gasteiger partial charge on any atom is 0.296 e. The summed E-state index contributed by atoms with van der Waals surface area (Å²) >= 11 is 0. The number of benzene rings is 3. The fourth-order valence-electron chi connectivity index (χ4n) is 4.43. The van der Waals surface area contributed by atoms with Gasteiger partial charge in [0.15, 0.2) is 11.5 Å². The van der Waals surface area contributed by atoms with Gasteiger partial charge in [-0.3, -0.25) is 9.59 Å². The number of ketones is 1. The lowest BCUT2D eigenvalue weighted by Crippen LogP contribution is -2.29. The Labute approximate surface area is 218 Å². The fraction of sp³-hybridized carbons (Fsp3) is 0.133. The zero-order valence-electron chi connectivity index (χ0n) is 20.5. The molecule has 1 saturated heterocycles. The molecule has 1 unspecified atom stereocenters. The molecule has 4 aromatic rings. The van der Waals surface area contributed by atoms with Crippen molar-refractivity contribution in [3.63, 3.8) is 0 Å². The molecule has 1 atom stereocenters. The summed E-state index contributed by atoms with van der Waals surface area (Å²) in [6, 6.07) is 22.2. The molecule has 3 aromatic carbocycles. The summed E-state index contributed by atoms with van der Waals surface area (Å²) in [7, 11) is 1.49. The number of hydrogen-bond donors (Lipinski definition) is 1. The highest BCUT2D eigenvalue weighted by Crippen LogP contribution is 2.42. The van der Waals surface area contributed by atoms with Crippen LogP contribution in [0.2, 0.25) is 0 Å². The molecule has 1 N–H and O–H groups in total. The molecule has 0 saturated carbocycles. The van der Waals surface area contributed by atoms with Crippen molar-refractivity contribution < 1.29 is 33.0 Å². The number of carbonyl (C=O) groups excluding carboxylic acids is 2. The zero-order chi connectivity index (χ0) is 26.6. The smallest absolute Gasteiger partial charge is 0.296 e. The molecular formula is C30H24FNO6. The largest absolute Gasteiger partial charge is 0.507 e. The second kappa shape index (κ2) is 10.6. The average Bonchev–Trinajstić information content (AvgIpc) is 3.55. The number of aliphatic hydroxyl groups excluding tert-OH is 1. The second-order valence-electron chi connectivity index (χ2n) is 8.70. The molecule has 0 aliphatic carbocycles.